The molecule has 2 rings (SSSR count). The predicted molar refractivity (Wildman–Crippen MR) is 78.9 cm³/mol. The van der Waals surface area contributed by atoms with Gasteiger partial charge >= 0.3 is 0 Å². The Bertz CT molecular complexity index is 419. The fourth-order valence-corrected chi connectivity index (χ4v) is 3.34. The van der Waals surface area contributed by atoms with Gasteiger partial charge in [-0.1, -0.05) is 31.9 Å². The lowest BCUT2D eigenvalue weighted by Crippen LogP contribution is -2.35. The predicted octanol–water partition coefficient (Wildman–Crippen LogP) is 3.33. The molecule has 19 heavy (non-hydrogen) atoms. The van der Waals surface area contributed by atoms with Crippen LogP contribution in [-0.4, -0.2) is 7.11 Å². The summed E-state index contributed by atoms with van der Waals surface area (Å²) in [6, 6.07) is 6.57. The standard InChI is InChI=1S/C16H26N2O/c1-11-5-4-6-13(9-11)16(18-17)14-8-7-12(2)10-15(14)19-3/h7-8,10-11,13,16,18H,4-6,9,17H2,1-3H3. The normalized spacial score (nSPS) is 25.1. The van der Waals surface area contributed by atoms with Crippen LogP contribution in [0.25, 0.3) is 0 Å². The Kier molecular flexibility index (Phi) is 4.83. The highest BCUT2D eigenvalue weighted by molar-refractivity contribution is 5.39. The van der Waals surface area contributed by atoms with E-state index in [2.05, 4.69) is 37.5 Å². The molecule has 3 atom stereocenters. The summed E-state index contributed by atoms with van der Waals surface area (Å²) in [6.07, 6.45) is 5.14. The van der Waals surface area contributed by atoms with E-state index in [1.807, 2.05) is 0 Å². The van der Waals surface area contributed by atoms with E-state index in [-0.39, 0.29) is 6.04 Å². The van der Waals surface area contributed by atoms with Crippen molar-refractivity contribution in [2.45, 2.75) is 45.6 Å². The second-order valence-electron chi connectivity index (χ2n) is 5.92. The summed E-state index contributed by atoms with van der Waals surface area (Å²) in [4.78, 5) is 0. The molecule has 1 aliphatic carbocycles. The van der Waals surface area contributed by atoms with Crippen LogP contribution in [0.3, 0.4) is 0 Å². The van der Waals surface area contributed by atoms with Gasteiger partial charge in [-0.2, -0.15) is 0 Å². The van der Waals surface area contributed by atoms with Gasteiger partial charge in [-0.05, 0) is 43.2 Å². The fraction of sp³-hybridized carbons (Fsp3) is 0.625. The van der Waals surface area contributed by atoms with Crippen molar-refractivity contribution < 1.29 is 4.74 Å². The van der Waals surface area contributed by atoms with Gasteiger partial charge in [0, 0.05) is 5.56 Å². The Morgan fingerprint density at radius 2 is 2.16 bits per heavy atom. The Hall–Kier alpha value is -1.06. The largest absolute Gasteiger partial charge is 0.496 e. The average molecular weight is 262 g/mol. The Morgan fingerprint density at radius 1 is 1.37 bits per heavy atom. The van der Waals surface area contributed by atoms with Crippen molar-refractivity contribution in [1.82, 2.24) is 5.43 Å². The molecule has 0 bridgehead atoms. The smallest absolute Gasteiger partial charge is 0.123 e. The van der Waals surface area contributed by atoms with Crippen LogP contribution < -0.4 is 16.0 Å². The average Bonchev–Trinajstić information content (AvgIpc) is 2.41. The van der Waals surface area contributed by atoms with Gasteiger partial charge in [-0.3, -0.25) is 11.3 Å². The summed E-state index contributed by atoms with van der Waals surface area (Å²) in [7, 11) is 1.73. The number of hydrazine groups is 1. The molecule has 0 aromatic heterocycles. The van der Waals surface area contributed by atoms with Crippen molar-refractivity contribution in [1.29, 1.82) is 0 Å². The van der Waals surface area contributed by atoms with Crippen molar-refractivity contribution >= 4 is 0 Å². The lowest BCUT2D eigenvalue weighted by atomic mass is 9.76. The molecule has 3 N–H and O–H groups in total. The number of nitrogens with two attached hydrogens (primary N) is 1. The molecule has 0 spiro atoms. The van der Waals surface area contributed by atoms with Gasteiger partial charge in [0.2, 0.25) is 0 Å². The molecule has 1 fully saturated rings. The molecule has 1 aromatic carbocycles. The molecular weight excluding hydrogens is 236 g/mol. The molecule has 3 nitrogen and oxygen atoms in total. The van der Waals surface area contributed by atoms with Crippen LogP contribution >= 0.6 is 0 Å². The lowest BCUT2D eigenvalue weighted by Gasteiger charge is -2.33. The molecule has 3 heteroatoms. The zero-order valence-corrected chi connectivity index (χ0v) is 12.3. The third kappa shape index (κ3) is 3.28. The number of hydrogen-bond donors (Lipinski definition) is 2. The molecule has 1 aliphatic rings. The van der Waals surface area contributed by atoms with Crippen molar-refractivity contribution in [2.75, 3.05) is 7.11 Å². The summed E-state index contributed by atoms with van der Waals surface area (Å²) < 4.78 is 5.53. The topological polar surface area (TPSA) is 47.3 Å². The minimum atomic E-state index is 0.193. The van der Waals surface area contributed by atoms with Gasteiger partial charge in [-0.25, -0.2) is 0 Å². The lowest BCUT2D eigenvalue weighted by molar-refractivity contribution is 0.221. The quantitative estimate of drug-likeness (QED) is 0.646. The molecule has 3 unspecified atom stereocenters. The Balaban J connectivity index is 2.25. The SMILES string of the molecule is COc1cc(C)ccc1C(NN)C1CCCC(C)C1. The first kappa shape index (κ1) is 14.4. The fourth-order valence-electron chi connectivity index (χ4n) is 3.34. The second kappa shape index (κ2) is 6.40. The van der Waals surface area contributed by atoms with E-state index in [0.717, 1.165) is 11.7 Å². The minimum absolute atomic E-state index is 0.193. The first-order chi connectivity index (χ1) is 9.15. The molecule has 0 amide bonds. The van der Waals surface area contributed by atoms with E-state index in [1.54, 1.807) is 7.11 Å². The van der Waals surface area contributed by atoms with E-state index in [4.69, 9.17) is 10.6 Å². The van der Waals surface area contributed by atoms with Gasteiger partial charge in [-0.15, -0.1) is 0 Å². The van der Waals surface area contributed by atoms with Gasteiger partial charge in [0.1, 0.15) is 5.75 Å². The van der Waals surface area contributed by atoms with E-state index < -0.39 is 0 Å². The zero-order chi connectivity index (χ0) is 13.8. The maximum Gasteiger partial charge on any atom is 0.123 e. The van der Waals surface area contributed by atoms with E-state index >= 15 is 0 Å². The number of ether oxygens (including phenoxy) is 1. The highest BCUT2D eigenvalue weighted by Crippen LogP contribution is 2.39. The van der Waals surface area contributed by atoms with Crippen LogP contribution in [0.15, 0.2) is 18.2 Å². The second-order valence-corrected chi connectivity index (χ2v) is 5.92. The summed E-state index contributed by atoms with van der Waals surface area (Å²) in [5.41, 5.74) is 5.43. The summed E-state index contributed by atoms with van der Waals surface area (Å²) in [5.74, 6) is 8.18. The summed E-state index contributed by atoms with van der Waals surface area (Å²) in [5, 5.41) is 0. The van der Waals surface area contributed by atoms with Crippen LogP contribution in [-0.2, 0) is 0 Å². The number of benzene rings is 1. The molecule has 1 aromatic rings. The van der Waals surface area contributed by atoms with Gasteiger partial charge in [0.05, 0.1) is 13.2 Å². The maximum atomic E-state index is 5.84. The highest BCUT2D eigenvalue weighted by Gasteiger charge is 2.28. The molecule has 0 heterocycles. The maximum absolute atomic E-state index is 5.84. The van der Waals surface area contributed by atoms with Crippen LogP contribution in [0.1, 0.15) is 49.8 Å². The molecule has 0 radical (unpaired) electrons. The third-order valence-corrected chi connectivity index (χ3v) is 4.35. The number of nitrogens with one attached hydrogen (secondary N) is 1. The number of methoxy groups -OCH3 is 1. The van der Waals surface area contributed by atoms with Gasteiger partial charge in [0.15, 0.2) is 0 Å². The van der Waals surface area contributed by atoms with Crippen molar-refractivity contribution in [2.24, 2.45) is 17.7 Å². The van der Waals surface area contributed by atoms with Crippen molar-refractivity contribution in [3.05, 3.63) is 29.3 Å². The van der Waals surface area contributed by atoms with Gasteiger partial charge in [0.25, 0.3) is 0 Å². The highest BCUT2D eigenvalue weighted by atomic mass is 16.5. The third-order valence-electron chi connectivity index (χ3n) is 4.35. The van der Waals surface area contributed by atoms with E-state index in [9.17, 15) is 0 Å². The first-order valence-corrected chi connectivity index (χ1v) is 7.26. The zero-order valence-electron chi connectivity index (χ0n) is 12.3. The van der Waals surface area contributed by atoms with Crippen LogP contribution in [0.4, 0.5) is 0 Å². The minimum Gasteiger partial charge on any atom is -0.496 e. The molecule has 1 saturated carbocycles. The molecule has 0 saturated heterocycles. The van der Waals surface area contributed by atoms with E-state index in [1.165, 1.54) is 36.8 Å². The van der Waals surface area contributed by atoms with Crippen LogP contribution in [0, 0.1) is 18.8 Å². The van der Waals surface area contributed by atoms with Crippen molar-refractivity contribution in [3.63, 3.8) is 0 Å². The van der Waals surface area contributed by atoms with Crippen LogP contribution in [0.5, 0.6) is 5.75 Å². The monoisotopic (exact) mass is 262 g/mol. The Labute approximate surface area is 116 Å². The first-order valence-electron chi connectivity index (χ1n) is 7.26. The molecular formula is C16H26N2O. The number of aryl methyl sites for hydroxylation is 1. The van der Waals surface area contributed by atoms with Crippen LogP contribution in [0.2, 0.25) is 0 Å². The summed E-state index contributed by atoms with van der Waals surface area (Å²) >= 11 is 0. The van der Waals surface area contributed by atoms with E-state index in [0.29, 0.717) is 5.92 Å². The van der Waals surface area contributed by atoms with Crippen molar-refractivity contribution in [3.8, 4) is 5.75 Å². The molecule has 0 aliphatic heterocycles. The van der Waals surface area contributed by atoms with Gasteiger partial charge < -0.3 is 4.74 Å². The summed E-state index contributed by atoms with van der Waals surface area (Å²) in [6.45, 7) is 4.42. The molecule has 106 valence electrons. The Morgan fingerprint density at radius 3 is 2.79 bits per heavy atom. The number of hydrogen-bond acceptors (Lipinski definition) is 3. The number of rotatable bonds is 4.